The van der Waals surface area contributed by atoms with E-state index < -0.39 is 0 Å². The molecule has 0 aromatic rings. The molecule has 32 heavy (non-hydrogen) atoms. The van der Waals surface area contributed by atoms with Gasteiger partial charge in [0.15, 0.2) is 0 Å². The predicted molar refractivity (Wildman–Crippen MR) is 133 cm³/mol. The standard InChI is InChI=1S/C30H50O2/c1-19(2)20(3)8-9-21(4)26-12-13-27-25-11-10-23-18-24(32-22(5)31)14-16-29(23,6)28(25)15-17-30(26,27)7/h8-9,19-21,23-28H,10-18H2,1-7H3/b9-8+/t20-,21-,23+,24+,25+,26-,27+,28+,29+,30-/m1/s1. The molecule has 0 radical (unpaired) electrons. The smallest absolute Gasteiger partial charge is 0.302 e. The predicted octanol–water partition coefficient (Wildman–Crippen LogP) is 8.06. The lowest BCUT2D eigenvalue weighted by atomic mass is 9.44. The van der Waals surface area contributed by atoms with E-state index in [1.807, 2.05) is 0 Å². The van der Waals surface area contributed by atoms with Gasteiger partial charge in [-0.25, -0.2) is 0 Å². The first-order valence-corrected chi connectivity index (χ1v) is 13.9. The number of carbonyl (C=O) groups is 1. The Labute approximate surface area is 198 Å². The summed E-state index contributed by atoms with van der Waals surface area (Å²) in [5, 5.41) is 0. The summed E-state index contributed by atoms with van der Waals surface area (Å²) in [5.74, 6) is 6.37. The SMILES string of the molecule is CC(=O)O[C@H]1CC[C@@]2(C)[C@@H](CC[C@@H]3[C@@H]2CC[C@]2(C)[C@@H]([C@H](C)/C=C/[C@@H](C)C(C)C)CC[C@@H]32)C1. The van der Waals surface area contributed by atoms with Gasteiger partial charge in [-0.2, -0.15) is 0 Å². The molecule has 0 aromatic carbocycles. The Hall–Kier alpha value is -0.790. The van der Waals surface area contributed by atoms with Crippen molar-refractivity contribution in [2.75, 3.05) is 0 Å². The number of hydrogen-bond donors (Lipinski definition) is 0. The summed E-state index contributed by atoms with van der Waals surface area (Å²) in [6.45, 7) is 16.4. The Bertz CT molecular complexity index is 710. The molecule has 0 bridgehead atoms. The highest BCUT2D eigenvalue weighted by molar-refractivity contribution is 5.66. The Kier molecular flexibility index (Phi) is 6.92. The summed E-state index contributed by atoms with van der Waals surface area (Å²) in [7, 11) is 0. The van der Waals surface area contributed by atoms with Crippen LogP contribution in [0.4, 0.5) is 0 Å². The van der Waals surface area contributed by atoms with Gasteiger partial charge in [0, 0.05) is 6.92 Å². The monoisotopic (exact) mass is 442 g/mol. The van der Waals surface area contributed by atoms with Crippen LogP contribution in [0.3, 0.4) is 0 Å². The normalized spacial score (nSPS) is 45.8. The van der Waals surface area contributed by atoms with Gasteiger partial charge in [0.1, 0.15) is 6.10 Å². The maximum Gasteiger partial charge on any atom is 0.302 e. The van der Waals surface area contributed by atoms with Gasteiger partial charge < -0.3 is 4.74 Å². The number of hydrogen-bond acceptors (Lipinski definition) is 2. The van der Waals surface area contributed by atoms with Gasteiger partial charge in [-0.1, -0.05) is 53.7 Å². The van der Waals surface area contributed by atoms with Crippen molar-refractivity contribution in [3.63, 3.8) is 0 Å². The van der Waals surface area contributed by atoms with Crippen molar-refractivity contribution in [1.29, 1.82) is 0 Å². The van der Waals surface area contributed by atoms with Crippen molar-refractivity contribution in [3.8, 4) is 0 Å². The third kappa shape index (κ3) is 4.22. The van der Waals surface area contributed by atoms with E-state index in [4.69, 9.17) is 4.74 Å². The quantitative estimate of drug-likeness (QED) is 0.318. The van der Waals surface area contributed by atoms with Crippen LogP contribution in [0.2, 0.25) is 0 Å². The van der Waals surface area contributed by atoms with E-state index in [1.54, 1.807) is 6.92 Å². The molecule has 2 heteroatoms. The number of rotatable bonds is 5. The summed E-state index contributed by atoms with van der Waals surface area (Å²) < 4.78 is 5.66. The van der Waals surface area contributed by atoms with E-state index in [0.717, 1.165) is 48.3 Å². The first-order chi connectivity index (χ1) is 15.1. The van der Waals surface area contributed by atoms with Crippen molar-refractivity contribution < 1.29 is 9.53 Å². The molecule has 4 rings (SSSR count). The van der Waals surface area contributed by atoms with Crippen molar-refractivity contribution in [2.45, 2.75) is 112 Å². The molecule has 182 valence electrons. The molecule has 2 nitrogen and oxygen atoms in total. The topological polar surface area (TPSA) is 26.3 Å². The van der Waals surface area contributed by atoms with Gasteiger partial charge in [0.25, 0.3) is 0 Å². The minimum atomic E-state index is -0.0938. The van der Waals surface area contributed by atoms with Gasteiger partial charge in [-0.05, 0) is 116 Å². The zero-order valence-corrected chi connectivity index (χ0v) is 22.0. The first kappa shape index (κ1) is 24.3. The lowest BCUT2D eigenvalue weighted by Gasteiger charge is -2.61. The summed E-state index contributed by atoms with van der Waals surface area (Å²) in [4.78, 5) is 11.5. The zero-order chi connectivity index (χ0) is 23.3. The highest BCUT2D eigenvalue weighted by Gasteiger charge is 2.60. The lowest BCUT2D eigenvalue weighted by Crippen LogP contribution is -2.54. The van der Waals surface area contributed by atoms with Crippen LogP contribution in [0.15, 0.2) is 12.2 Å². The molecule has 0 N–H and O–H groups in total. The molecule has 0 spiro atoms. The fraction of sp³-hybridized carbons (Fsp3) is 0.900. The van der Waals surface area contributed by atoms with E-state index in [-0.39, 0.29) is 12.1 Å². The van der Waals surface area contributed by atoms with Gasteiger partial charge in [-0.3, -0.25) is 4.79 Å². The van der Waals surface area contributed by atoms with Gasteiger partial charge in [0.05, 0.1) is 0 Å². The first-order valence-electron chi connectivity index (χ1n) is 13.9. The number of ether oxygens (including phenoxy) is 1. The van der Waals surface area contributed by atoms with Crippen LogP contribution in [-0.2, 0) is 9.53 Å². The Morgan fingerprint density at radius 2 is 1.56 bits per heavy atom. The fourth-order valence-electron chi connectivity index (χ4n) is 9.17. The van der Waals surface area contributed by atoms with E-state index in [2.05, 4.69) is 53.7 Å². The highest BCUT2D eigenvalue weighted by Crippen LogP contribution is 2.68. The zero-order valence-electron chi connectivity index (χ0n) is 22.0. The van der Waals surface area contributed by atoms with Gasteiger partial charge >= 0.3 is 5.97 Å². The van der Waals surface area contributed by atoms with E-state index in [1.165, 1.54) is 44.9 Å². The van der Waals surface area contributed by atoms with Crippen LogP contribution in [0.1, 0.15) is 106 Å². The average Bonchev–Trinajstić information content (AvgIpc) is 3.08. The number of fused-ring (bicyclic) bond motifs is 5. The second kappa shape index (κ2) is 9.10. The van der Waals surface area contributed by atoms with Crippen molar-refractivity contribution in [3.05, 3.63) is 12.2 Å². The Morgan fingerprint density at radius 3 is 2.25 bits per heavy atom. The van der Waals surface area contributed by atoms with Crippen LogP contribution < -0.4 is 0 Å². The minimum absolute atomic E-state index is 0.0938. The summed E-state index contributed by atoms with van der Waals surface area (Å²) >= 11 is 0. The molecular weight excluding hydrogens is 392 g/mol. The number of allylic oxidation sites excluding steroid dienone is 2. The molecule has 4 saturated carbocycles. The Morgan fingerprint density at radius 1 is 0.875 bits per heavy atom. The summed E-state index contributed by atoms with van der Waals surface area (Å²) in [5.41, 5.74) is 1.00. The van der Waals surface area contributed by atoms with Gasteiger partial charge in [0.2, 0.25) is 0 Å². The van der Waals surface area contributed by atoms with E-state index >= 15 is 0 Å². The molecule has 0 aliphatic heterocycles. The maximum absolute atomic E-state index is 11.5. The van der Waals surface area contributed by atoms with E-state index in [9.17, 15) is 4.79 Å². The minimum Gasteiger partial charge on any atom is -0.463 e. The van der Waals surface area contributed by atoms with Crippen LogP contribution in [-0.4, -0.2) is 12.1 Å². The van der Waals surface area contributed by atoms with Gasteiger partial charge in [-0.15, -0.1) is 0 Å². The molecule has 10 atom stereocenters. The second-order valence-electron chi connectivity index (χ2n) is 13.2. The van der Waals surface area contributed by atoms with Crippen LogP contribution in [0, 0.1) is 58.2 Å². The van der Waals surface area contributed by atoms with E-state index in [0.29, 0.717) is 22.7 Å². The van der Waals surface area contributed by atoms with Crippen LogP contribution in [0.5, 0.6) is 0 Å². The third-order valence-electron chi connectivity index (χ3n) is 11.4. The molecule has 0 amide bonds. The molecule has 0 unspecified atom stereocenters. The lowest BCUT2D eigenvalue weighted by molar-refractivity contribution is -0.160. The molecule has 0 aromatic heterocycles. The third-order valence-corrected chi connectivity index (χ3v) is 11.4. The van der Waals surface area contributed by atoms with Crippen molar-refractivity contribution >= 4 is 5.97 Å². The average molecular weight is 443 g/mol. The summed E-state index contributed by atoms with van der Waals surface area (Å²) in [6, 6.07) is 0. The number of esters is 1. The largest absolute Gasteiger partial charge is 0.463 e. The van der Waals surface area contributed by atoms with Crippen LogP contribution >= 0.6 is 0 Å². The van der Waals surface area contributed by atoms with Crippen molar-refractivity contribution in [1.82, 2.24) is 0 Å². The van der Waals surface area contributed by atoms with Crippen molar-refractivity contribution in [2.24, 2.45) is 58.2 Å². The Balaban J connectivity index is 1.46. The molecule has 4 fully saturated rings. The summed E-state index contributed by atoms with van der Waals surface area (Å²) in [6.07, 6.45) is 17.2. The molecule has 4 aliphatic rings. The molecule has 0 heterocycles. The number of carbonyl (C=O) groups excluding carboxylic acids is 1. The second-order valence-corrected chi connectivity index (χ2v) is 13.2. The molecule has 0 saturated heterocycles. The maximum atomic E-state index is 11.5. The molecule has 4 aliphatic carbocycles. The molecular formula is C30H50O2. The fourth-order valence-corrected chi connectivity index (χ4v) is 9.17. The van der Waals surface area contributed by atoms with Crippen LogP contribution in [0.25, 0.3) is 0 Å². The highest BCUT2D eigenvalue weighted by atomic mass is 16.5.